The van der Waals surface area contributed by atoms with E-state index in [9.17, 15) is 8.78 Å². The second-order valence-electron chi connectivity index (χ2n) is 5.21. The van der Waals surface area contributed by atoms with Crippen LogP contribution in [0.15, 0.2) is 24.3 Å². The van der Waals surface area contributed by atoms with Gasteiger partial charge in [-0.2, -0.15) is 8.78 Å². The summed E-state index contributed by atoms with van der Waals surface area (Å²) in [5.41, 5.74) is 6.72. The largest absolute Gasteiger partial charge is 0.435 e. The van der Waals surface area contributed by atoms with Crippen molar-refractivity contribution < 1.29 is 13.5 Å². The van der Waals surface area contributed by atoms with E-state index in [4.69, 9.17) is 5.73 Å². The SMILES string of the molecule is CC(C)(N)C1(c2cccc(OC(F)F)c2)CC1. The summed E-state index contributed by atoms with van der Waals surface area (Å²) in [6.45, 7) is 1.16. The molecule has 0 aromatic heterocycles. The average Bonchev–Trinajstić information content (AvgIpc) is 2.96. The number of hydrogen-bond acceptors (Lipinski definition) is 2. The van der Waals surface area contributed by atoms with Gasteiger partial charge in [-0.05, 0) is 44.4 Å². The molecule has 2 N–H and O–H groups in total. The van der Waals surface area contributed by atoms with Crippen LogP contribution >= 0.6 is 0 Å². The molecule has 0 saturated heterocycles. The number of rotatable bonds is 4. The van der Waals surface area contributed by atoms with Gasteiger partial charge >= 0.3 is 6.61 Å². The minimum atomic E-state index is -2.79. The normalized spacial score (nSPS) is 18.2. The standard InChI is InChI=1S/C13H17F2NO/c1-12(2,16)13(6-7-13)9-4-3-5-10(8-9)17-11(14)15/h3-5,8,11H,6-7,16H2,1-2H3. The molecule has 0 spiro atoms. The van der Waals surface area contributed by atoms with Gasteiger partial charge in [-0.25, -0.2) is 0 Å². The van der Waals surface area contributed by atoms with Crippen molar-refractivity contribution in [2.45, 2.75) is 44.3 Å². The molecule has 1 aliphatic carbocycles. The molecule has 0 amide bonds. The first-order chi connectivity index (χ1) is 7.85. The molecule has 0 aliphatic heterocycles. The Hall–Kier alpha value is -1.16. The van der Waals surface area contributed by atoms with Crippen LogP contribution in [0.25, 0.3) is 0 Å². The molecule has 1 saturated carbocycles. The number of halogens is 2. The molecular formula is C13H17F2NO. The monoisotopic (exact) mass is 241 g/mol. The zero-order valence-corrected chi connectivity index (χ0v) is 10.0. The number of hydrogen-bond donors (Lipinski definition) is 1. The van der Waals surface area contributed by atoms with Crippen molar-refractivity contribution in [2.75, 3.05) is 0 Å². The van der Waals surface area contributed by atoms with E-state index < -0.39 is 6.61 Å². The van der Waals surface area contributed by atoms with Gasteiger partial charge in [-0.1, -0.05) is 12.1 Å². The van der Waals surface area contributed by atoms with E-state index in [-0.39, 0.29) is 16.7 Å². The molecule has 17 heavy (non-hydrogen) atoms. The van der Waals surface area contributed by atoms with Crippen molar-refractivity contribution in [1.29, 1.82) is 0 Å². The fourth-order valence-electron chi connectivity index (χ4n) is 2.40. The molecule has 0 bridgehead atoms. The second-order valence-corrected chi connectivity index (χ2v) is 5.21. The summed E-state index contributed by atoms with van der Waals surface area (Å²) in [5, 5.41) is 0. The summed E-state index contributed by atoms with van der Waals surface area (Å²) in [6, 6.07) is 6.88. The minimum Gasteiger partial charge on any atom is -0.435 e. The summed E-state index contributed by atoms with van der Waals surface area (Å²) in [5.74, 6) is 0.202. The molecule has 1 aromatic carbocycles. The van der Waals surface area contributed by atoms with Crippen LogP contribution in [0.1, 0.15) is 32.3 Å². The summed E-state index contributed by atoms with van der Waals surface area (Å²) < 4.78 is 28.7. The van der Waals surface area contributed by atoms with Gasteiger partial charge in [0.2, 0.25) is 0 Å². The number of nitrogens with two attached hydrogens (primary N) is 1. The molecular weight excluding hydrogens is 224 g/mol. The van der Waals surface area contributed by atoms with Crippen molar-refractivity contribution in [3.8, 4) is 5.75 Å². The second kappa shape index (κ2) is 3.95. The van der Waals surface area contributed by atoms with E-state index in [1.54, 1.807) is 12.1 Å². The van der Waals surface area contributed by atoms with Crippen molar-refractivity contribution in [1.82, 2.24) is 0 Å². The fraction of sp³-hybridized carbons (Fsp3) is 0.538. The molecule has 1 fully saturated rings. The summed E-state index contributed by atoms with van der Waals surface area (Å²) in [6.07, 6.45) is 1.99. The molecule has 2 nitrogen and oxygen atoms in total. The third-order valence-electron chi connectivity index (χ3n) is 3.60. The first-order valence-corrected chi connectivity index (χ1v) is 5.69. The molecule has 2 rings (SSSR count). The molecule has 1 aliphatic rings. The Bertz CT molecular complexity index is 408. The van der Waals surface area contributed by atoms with Gasteiger partial charge in [0.25, 0.3) is 0 Å². The molecule has 0 radical (unpaired) electrons. The van der Waals surface area contributed by atoms with E-state index in [1.807, 2.05) is 19.9 Å². The lowest BCUT2D eigenvalue weighted by molar-refractivity contribution is -0.0499. The van der Waals surface area contributed by atoms with E-state index >= 15 is 0 Å². The Balaban J connectivity index is 2.28. The molecule has 1 aromatic rings. The van der Waals surface area contributed by atoms with Gasteiger partial charge in [0, 0.05) is 11.0 Å². The van der Waals surface area contributed by atoms with Crippen molar-refractivity contribution in [2.24, 2.45) is 5.73 Å². The maximum atomic E-state index is 12.2. The number of ether oxygens (including phenoxy) is 1. The maximum Gasteiger partial charge on any atom is 0.387 e. The lowest BCUT2D eigenvalue weighted by Gasteiger charge is -2.31. The Kier molecular flexibility index (Phi) is 2.86. The first-order valence-electron chi connectivity index (χ1n) is 5.69. The highest BCUT2D eigenvalue weighted by molar-refractivity contribution is 5.40. The molecule has 94 valence electrons. The number of alkyl halides is 2. The minimum absolute atomic E-state index is 0.0888. The molecule has 0 unspecified atom stereocenters. The van der Waals surface area contributed by atoms with Crippen molar-refractivity contribution >= 4 is 0 Å². The summed E-state index contributed by atoms with van der Waals surface area (Å²) >= 11 is 0. The quantitative estimate of drug-likeness (QED) is 0.879. The van der Waals surface area contributed by atoms with Crippen molar-refractivity contribution in [3.63, 3.8) is 0 Å². The fourth-order valence-corrected chi connectivity index (χ4v) is 2.40. The highest BCUT2D eigenvalue weighted by Crippen LogP contribution is 2.55. The molecule has 0 atom stereocenters. The van der Waals surface area contributed by atoms with Gasteiger partial charge in [0.15, 0.2) is 0 Å². The Morgan fingerprint density at radius 2 is 2.00 bits per heavy atom. The Morgan fingerprint density at radius 1 is 1.35 bits per heavy atom. The number of benzene rings is 1. The van der Waals surface area contributed by atoms with Crippen LogP contribution < -0.4 is 10.5 Å². The van der Waals surface area contributed by atoms with Gasteiger partial charge in [0.05, 0.1) is 0 Å². The highest BCUT2D eigenvalue weighted by Gasteiger charge is 2.53. The maximum absolute atomic E-state index is 12.2. The summed E-state index contributed by atoms with van der Waals surface area (Å²) in [4.78, 5) is 0. The lowest BCUT2D eigenvalue weighted by atomic mass is 9.79. The van der Waals surface area contributed by atoms with E-state index in [0.29, 0.717) is 0 Å². The van der Waals surface area contributed by atoms with Crippen LogP contribution in [0.2, 0.25) is 0 Å². The highest BCUT2D eigenvalue weighted by atomic mass is 19.3. The average molecular weight is 241 g/mol. The van der Waals surface area contributed by atoms with Crippen LogP contribution in [0, 0.1) is 0 Å². The van der Waals surface area contributed by atoms with Gasteiger partial charge in [-0.15, -0.1) is 0 Å². The van der Waals surface area contributed by atoms with Crippen LogP contribution in [-0.2, 0) is 5.41 Å². The predicted octanol–water partition coefficient (Wildman–Crippen LogP) is 3.06. The van der Waals surface area contributed by atoms with E-state index in [1.165, 1.54) is 6.07 Å². The third kappa shape index (κ3) is 2.27. The van der Waals surface area contributed by atoms with Crippen LogP contribution in [-0.4, -0.2) is 12.2 Å². The first kappa shape index (κ1) is 12.3. The van der Waals surface area contributed by atoms with Crippen molar-refractivity contribution in [3.05, 3.63) is 29.8 Å². The third-order valence-corrected chi connectivity index (χ3v) is 3.60. The lowest BCUT2D eigenvalue weighted by Crippen LogP contribution is -2.45. The van der Waals surface area contributed by atoms with E-state index in [2.05, 4.69) is 4.74 Å². The zero-order valence-electron chi connectivity index (χ0n) is 10.0. The molecule has 0 heterocycles. The van der Waals surface area contributed by atoms with Gasteiger partial charge in [-0.3, -0.25) is 0 Å². The topological polar surface area (TPSA) is 35.2 Å². The van der Waals surface area contributed by atoms with Crippen LogP contribution in [0.3, 0.4) is 0 Å². The zero-order chi connectivity index (χ0) is 12.7. The Labute approximate surface area is 99.8 Å². The van der Waals surface area contributed by atoms with Crippen LogP contribution in [0.4, 0.5) is 8.78 Å². The molecule has 4 heteroatoms. The van der Waals surface area contributed by atoms with Gasteiger partial charge in [0.1, 0.15) is 5.75 Å². The smallest absolute Gasteiger partial charge is 0.387 e. The van der Waals surface area contributed by atoms with Crippen LogP contribution in [0.5, 0.6) is 5.75 Å². The van der Waals surface area contributed by atoms with Gasteiger partial charge < -0.3 is 10.5 Å². The predicted molar refractivity (Wildman–Crippen MR) is 62.3 cm³/mol. The van der Waals surface area contributed by atoms with E-state index in [0.717, 1.165) is 18.4 Å². The Morgan fingerprint density at radius 3 is 2.47 bits per heavy atom. The summed E-state index contributed by atoms with van der Waals surface area (Å²) in [7, 11) is 0.